The average Bonchev–Trinajstić information content (AvgIpc) is 2.64. The number of halogens is 1. The predicted molar refractivity (Wildman–Crippen MR) is 79.6 cm³/mol. The molecule has 3 nitrogen and oxygen atoms in total. The highest BCUT2D eigenvalue weighted by Gasteiger charge is 2.16. The largest absolute Gasteiger partial charge is 0.294 e. The quantitative estimate of drug-likeness (QED) is 0.801. The van der Waals surface area contributed by atoms with Crippen LogP contribution in [0.25, 0.3) is 0 Å². The van der Waals surface area contributed by atoms with Crippen LogP contribution in [-0.2, 0) is 6.54 Å². The minimum Gasteiger partial charge on any atom is -0.294 e. The van der Waals surface area contributed by atoms with E-state index < -0.39 is 0 Å². The summed E-state index contributed by atoms with van der Waals surface area (Å²) in [7, 11) is 0. The molecule has 0 bridgehead atoms. The molecule has 0 aliphatic rings. The van der Waals surface area contributed by atoms with Gasteiger partial charge in [-0.1, -0.05) is 35.0 Å². The van der Waals surface area contributed by atoms with Gasteiger partial charge in [0, 0.05) is 16.6 Å². The lowest BCUT2D eigenvalue weighted by Crippen LogP contribution is -2.05. The van der Waals surface area contributed by atoms with Crippen LogP contribution in [0.1, 0.15) is 40.7 Å². The number of Topliss-reactive ketones (excluding diaryl/α,β-unsaturated/α-hetero) is 1. The molecule has 2 aromatic rings. The van der Waals surface area contributed by atoms with E-state index in [0.717, 1.165) is 27.0 Å². The minimum absolute atomic E-state index is 0.162. The fourth-order valence-electron chi connectivity index (χ4n) is 2.24. The van der Waals surface area contributed by atoms with Gasteiger partial charge in [0.25, 0.3) is 0 Å². The Bertz CT molecular complexity index is 617. The van der Waals surface area contributed by atoms with Gasteiger partial charge in [-0.3, -0.25) is 9.48 Å². The van der Waals surface area contributed by atoms with Crippen molar-refractivity contribution in [2.45, 2.75) is 33.7 Å². The SMILES string of the molecule is CCC(=O)c1c(C)nn(Cc2cccc(Br)c2)c1C. The van der Waals surface area contributed by atoms with Gasteiger partial charge in [-0.2, -0.15) is 5.10 Å². The second-order valence-electron chi connectivity index (χ2n) is 4.61. The first-order valence-corrected chi connectivity index (χ1v) is 7.14. The van der Waals surface area contributed by atoms with Gasteiger partial charge in [0.1, 0.15) is 0 Å². The van der Waals surface area contributed by atoms with Crippen molar-refractivity contribution in [2.24, 2.45) is 0 Å². The second kappa shape index (κ2) is 5.70. The van der Waals surface area contributed by atoms with Crippen molar-refractivity contribution in [1.29, 1.82) is 0 Å². The summed E-state index contributed by atoms with van der Waals surface area (Å²) in [5.41, 5.74) is 3.71. The Morgan fingerprint density at radius 2 is 2.11 bits per heavy atom. The highest BCUT2D eigenvalue weighted by Crippen LogP contribution is 2.18. The zero-order chi connectivity index (χ0) is 14.0. The number of ketones is 1. The maximum atomic E-state index is 11.9. The lowest BCUT2D eigenvalue weighted by molar-refractivity contribution is 0.0987. The molecule has 19 heavy (non-hydrogen) atoms. The molecule has 0 spiro atoms. The van der Waals surface area contributed by atoms with E-state index >= 15 is 0 Å². The van der Waals surface area contributed by atoms with E-state index in [-0.39, 0.29) is 5.78 Å². The number of benzene rings is 1. The standard InChI is InChI=1S/C15H17BrN2O/c1-4-14(19)15-10(2)17-18(11(15)3)9-12-6-5-7-13(16)8-12/h5-8H,4,9H2,1-3H3. The molecule has 0 N–H and O–H groups in total. The molecule has 0 radical (unpaired) electrons. The molecular weight excluding hydrogens is 304 g/mol. The van der Waals surface area contributed by atoms with Crippen molar-refractivity contribution in [3.8, 4) is 0 Å². The number of aromatic nitrogens is 2. The molecule has 0 saturated heterocycles. The predicted octanol–water partition coefficient (Wildman–Crippen LogP) is 3.90. The molecule has 0 saturated carbocycles. The Morgan fingerprint density at radius 3 is 2.74 bits per heavy atom. The summed E-state index contributed by atoms with van der Waals surface area (Å²) in [4.78, 5) is 11.9. The molecule has 100 valence electrons. The van der Waals surface area contributed by atoms with E-state index in [9.17, 15) is 4.79 Å². The number of carbonyl (C=O) groups is 1. The maximum Gasteiger partial charge on any atom is 0.166 e. The summed E-state index contributed by atoms with van der Waals surface area (Å²) in [5, 5.41) is 4.48. The zero-order valence-corrected chi connectivity index (χ0v) is 13.0. The third kappa shape index (κ3) is 2.95. The molecule has 2 rings (SSSR count). The number of carbonyl (C=O) groups excluding carboxylic acids is 1. The lowest BCUT2D eigenvalue weighted by Gasteiger charge is -2.05. The first-order chi connectivity index (χ1) is 9.02. The summed E-state index contributed by atoms with van der Waals surface area (Å²) in [6.07, 6.45) is 0.518. The Labute approximate surface area is 121 Å². The van der Waals surface area contributed by atoms with Crippen LogP contribution >= 0.6 is 15.9 Å². The third-order valence-electron chi connectivity index (χ3n) is 3.20. The smallest absolute Gasteiger partial charge is 0.166 e. The van der Waals surface area contributed by atoms with Crippen LogP contribution in [0.5, 0.6) is 0 Å². The fourth-order valence-corrected chi connectivity index (χ4v) is 2.69. The summed E-state index contributed by atoms with van der Waals surface area (Å²) >= 11 is 3.46. The molecule has 0 aliphatic heterocycles. The summed E-state index contributed by atoms with van der Waals surface area (Å²) in [6, 6.07) is 8.13. The van der Waals surface area contributed by atoms with Crippen molar-refractivity contribution >= 4 is 21.7 Å². The van der Waals surface area contributed by atoms with Crippen molar-refractivity contribution in [3.63, 3.8) is 0 Å². The van der Waals surface area contributed by atoms with E-state index in [2.05, 4.69) is 33.2 Å². The van der Waals surface area contributed by atoms with Gasteiger partial charge in [-0.25, -0.2) is 0 Å². The molecule has 1 heterocycles. The minimum atomic E-state index is 0.162. The first-order valence-electron chi connectivity index (χ1n) is 6.34. The number of rotatable bonds is 4. The molecule has 1 aromatic heterocycles. The van der Waals surface area contributed by atoms with Gasteiger partial charge in [-0.05, 0) is 31.5 Å². The first kappa shape index (κ1) is 14.0. The summed E-state index contributed by atoms with van der Waals surface area (Å²) in [6.45, 7) is 6.42. The van der Waals surface area contributed by atoms with Crippen molar-refractivity contribution < 1.29 is 4.79 Å². The van der Waals surface area contributed by atoms with Crippen LogP contribution in [0.4, 0.5) is 0 Å². The number of hydrogen-bond acceptors (Lipinski definition) is 2. The molecule has 0 aliphatic carbocycles. The molecule has 0 unspecified atom stereocenters. The van der Waals surface area contributed by atoms with E-state index in [0.29, 0.717) is 13.0 Å². The van der Waals surface area contributed by atoms with Gasteiger partial charge < -0.3 is 0 Å². The number of aryl methyl sites for hydroxylation is 1. The topological polar surface area (TPSA) is 34.9 Å². The molecule has 1 aromatic carbocycles. The van der Waals surface area contributed by atoms with Crippen LogP contribution in [-0.4, -0.2) is 15.6 Å². The van der Waals surface area contributed by atoms with Crippen LogP contribution in [0, 0.1) is 13.8 Å². The van der Waals surface area contributed by atoms with E-state index in [1.165, 1.54) is 0 Å². The van der Waals surface area contributed by atoms with Gasteiger partial charge >= 0.3 is 0 Å². The lowest BCUT2D eigenvalue weighted by atomic mass is 10.1. The van der Waals surface area contributed by atoms with Crippen molar-refractivity contribution in [1.82, 2.24) is 9.78 Å². The van der Waals surface area contributed by atoms with Gasteiger partial charge in [0.05, 0.1) is 17.8 Å². The molecule has 4 heteroatoms. The summed E-state index contributed by atoms with van der Waals surface area (Å²) in [5.74, 6) is 0.162. The zero-order valence-electron chi connectivity index (χ0n) is 11.4. The van der Waals surface area contributed by atoms with Crippen molar-refractivity contribution in [2.75, 3.05) is 0 Å². The number of hydrogen-bond donors (Lipinski definition) is 0. The van der Waals surface area contributed by atoms with Gasteiger partial charge in [-0.15, -0.1) is 0 Å². The highest BCUT2D eigenvalue weighted by molar-refractivity contribution is 9.10. The normalized spacial score (nSPS) is 10.7. The van der Waals surface area contributed by atoms with E-state index in [1.807, 2.05) is 37.6 Å². The Balaban J connectivity index is 2.34. The molecule has 0 fully saturated rings. The van der Waals surface area contributed by atoms with Crippen LogP contribution in [0.3, 0.4) is 0 Å². The third-order valence-corrected chi connectivity index (χ3v) is 3.70. The second-order valence-corrected chi connectivity index (χ2v) is 5.53. The highest BCUT2D eigenvalue weighted by atomic mass is 79.9. The van der Waals surface area contributed by atoms with E-state index in [1.54, 1.807) is 0 Å². The van der Waals surface area contributed by atoms with Crippen molar-refractivity contribution in [3.05, 3.63) is 51.3 Å². The Hall–Kier alpha value is -1.42. The molecular formula is C15H17BrN2O. The Kier molecular flexibility index (Phi) is 4.20. The van der Waals surface area contributed by atoms with Gasteiger partial charge in [0.15, 0.2) is 5.78 Å². The number of nitrogens with zero attached hydrogens (tertiary/aromatic N) is 2. The van der Waals surface area contributed by atoms with Crippen LogP contribution < -0.4 is 0 Å². The maximum absolute atomic E-state index is 11.9. The van der Waals surface area contributed by atoms with Gasteiger partial charge in [0.2, 0.25) is 0 Å². The van der Waals surface area contributed by atoms with Crippen LogP contribution in [0.2, 0.25) is 0 Å². The molecule has 0 amide bonds. The Morgan fingerprint density at radius 1 is 1.37 bits per heavy atom. The summed E-state index contributed by atoms with van der Waals surface area (Å²) < 4.78 is 2.95. The van der Waals surface area contributed by atoms with E-state index in [4.69, 9.17) is 0 Å². The molecule has 0 atom stereocenters. The average molecular weight is 321 g/mol. The fraction of sp³-hybridized carbons (Fsp3) is 0.333. The monoisotopic (exact) mass is 320 g/mol. The van der Waals surface area contributed by atoms with Crippen LogP contribution in [0.15, 0.2) is 28.7 Å².